The SMILES string of the molecule is Clc1ccccc1-c1cc2ccccc2cc1-c1cc2ccccc2cc1-c1ccccc1Cl. The van der Waals surface area contributed by atoms with E-state index in [1.807, 2.05) is 36.4 Å². The maximum atomic E-state index is 6.73. The van der Waals surface area contributed by atoms with Crippen LogP contribution in [0.2, 0.25) is 10.0 Å². The van der Waals surface area contributed by atoms with E-state index in [-0.39, 0.29) is 0 Å². The average Bonchev–Trinajstić information content (AvgIpc) is 2.88. The van der Waals surface area contributed by atoms with E-state index in [2.05, 4.69) is 84.9 Å². The summed E-state index contributed by atoms with van der Waals surface area (Å²) in [7, 11) is 0. The second kappa shape index (κ2) is 8.65. The van der Waals surface area contributed by atoms with Crippen molar-refractivity contribution in [1.82, 2.24) is 0 Å². The molecule has 0 saturated heterocycles. The fourth-order valence-corrected chi connectivity index (χ4v) is 5.21. The first-order chi connectivity index (χ1) is 16.7. The molecule has 6 aromatic rings. The predicted octanol–water partition coefficient (Wildman–Crippen LogP) is 10.3. The Labute approximate surface area is 209 Å². The van der Waals surface area contributed by atoms with E-state index in [1.54, 1.807) is 0 Å². The summed E-state index contributed by atoms with van der Waals surface area (Å²) in [6, 6.07) is 42.1. The Hall–Kier alpha value is -3.58. The van der Waals surface area contributed by atoms with Gasteiger partial charge in [0.1, 0.15) is 0 Å². The molecule has 2 heteroatoms. The highest BCUT2D eigenvalue weighted by Crippen LogP contribution is 2.44. The molecule has 0 spiro atoms. The second-order valence-electron chi connectivity index (χ2n) is 8.45. The summed E-state index contributed by atoms with van der Waals surface area (Å²) < 4.78 is 0. The predicted molar refractivity (Wildman–Crippen MR) is 148 cm³/mol. The standard InChI is InChI=1S/C32H20Cl2/c33-31-15-7-5-13-25(31)27-17-21-9-1-3-11-23(21)19-29(27)30-20-24-12-4-2-10-22(24)18-28(30)26-14-6-8-16-32(26)34/h1-20H. The van der Waals surface area contributed by atoms with Crippen molar-refractivity contribution in [2.24, 2.45) is 0 Å². The van der Waals surface area contributed by atoms with Gasteiger partial charge < -0.3 is 0 Å². The van der Waals surface area contributed by atoms with Crippen molar-refractivity contribution >= 4 is 44.7 Å². The van der Waals surface area contributed by atoms with E-state index in [9.17, 15) is 0 Å². The third-order valence-electron chi connectivity index (χ3n) is 6.39. The van der Waals surface area contributed by atoms with Gasteiger partial charge in [-0.2, -0.15) is 0 Å². The molecule has 0 aromatic heterocycles. The molecule has 0 aliphatic heterocycles. The highest BCUT2D eigenvalue weighted by molar-refractivity contribution is 6.34. The van der Waals surface area contributed by atoms with Gasteiger partial charge in [0.25, 0.3) is 0 Å². The number of hydrogen-bond acceptors (Lipinski definition) is 0. The molecule has 0 aliphatic carbocycles. The number of benzene rings is 6. The van der Waals surface area contributed by atoms with Crippen molar-refractivity contribution in [3.63, 3.8) is 0 Å². The summed E-state index contributed by atoms with van der Waals surface area (Å²) in [4.78, 5) is 0. The van der Waals surface area contributed by atoms with Gasteiger partial charge in [-0.05, 0) is 80.2 Å². The van der Waals surface area contributed by atoms with Crippen LogP contribution in [0.1, 0.15) is 0 Å². The molecule has 6 rings (SSSR count). The molecule has 162 valence electrons. The van der Waals surface area contributed by atoms with Crippen LogP contribution in [0.5, 0.6) is 0 Å². The average molecular weight is 475 g/mol. The van der Waals surface area contributed by atoms with Crippen LogP contribution in [0, 0.1) is 0 Å². The number of halogens is 2. The van der Waals surface area contributed by atoms with Crippen molar-refractivity contribution in [1.29, 1.82) is 0 Å². The van der Waals surface area contributed by atoms with Crippen LogP contribution in [0.15, 0.2) is 121 Å². The minimum atomic E-state index is 0.735. The Bertz CT molecular complexity index is 1550. The van der Waals surface area contributed by atoms with Crippen molar-refractivity contribution in [2.45, 2.75) is 0 Å². The summed E-state index contributed by atoms with van der Waals surface area (Å²) >= 11 is 13.5. The molecule has 0 N–H and O–H groups in total. The zero-order chi connectivity index (χ0) is 23.1. The molecule has 6 aromatic carbocycles. The van der Waals surface area contributed by atoms with Crippen LogP contribution < -0.4 is 0 Å². The van der Waals surface area contributed by atoms with Gasteiger partial charge in [-0.25, -0.2) is 0 Å². The summed E-state index contributed by atoms with van der Waals surface area (Å²) in [5, 5.41) is 6.21. The molecule has 0 unspecified atom stereocenters. The molecule has 0 atom stereocenters. The molecular weight excluding hydrogens is 455 g/mol. The van der Waals surface area contributed by atoms with E-state index in [1.165, 1.54) is 21.5 Å². The third-order valence-corrected chi connectivity index (χ3v) is 7.05. The molecule has 0 aliphatic rings. The smallest absolute Gasteiger partial charge is 0.0484 e. The quantitative estimate of drug-likeness (QED) is 0.239. The molecule has 0 fully saturated rings. The maximum absolute atomic E-state index is 6.73. The fraction of sp³-hybridized carbons (Fsp3) is 0. The Morgan fingerprint density at radius 3 is 0.882 bits per heavy atom. The zero-order valence-electron chi connectivity index (χ0n) is 18.3. The van der Waals surface area contributed by atoms with Gasteiger partial charge >= 0.3 is 0 Å². The lowest BCUT2D eigenvalue weighted by Crippen LogP contribution is -1.92. The summed E-state index contributed by atoms with van der Waals surface area (Å²) in [5.41, 5.74) is 6.51. The van der Waals surface area contributed by atoms with E-state index >= 15 is 0 Å². The zero-order valence-corrected chi connectivity index (χ0v) is 19.8. The minimum Gasteiger partial charge on any atom is -0.0837 e. The van der Waals surface area contributed by atoms with Gasteiger partial charge in [-0.15, -0.1) is 0 Å². The lowest BCUT2D eigenvalue weighted by atomic mass is 9.86. The van der Waals surface area contributed by atoms with Crippen molar-refractivity contribution in [3.05, 3.63) is 131 Å². The van der Waals surface area contributed by atoms with Crippen molar-refractivity contribution in [3.8, 4) is 33.4 Å². The van der Waals surface area contributed by atoms with Crippen molar-refractivity contribution in [2.75, 3.05) is 0 Å². The molecule has 0 heterocycles. The normalized spacial score (nSPS) is 11.2. The largest absolute Gasteiger partial charge is 0.0837 e. The second-order valence-corrected chi connectivity index (χ2v) is 9.26. The number of rotatable bonds is 3. The summed E-state index contributed by atoms with van der Waals surface area (Å²) in [6.45, 7) is 0. The first kappa shape index (κ1) is 21.0. The van der Waals surface area contributed by atoms with Crippen LogP contribution in [-0.4, -0.2) is 0 Å². The molecule has 0 amide bonds. The van der Waals surface area contributed by atoms with Gasteiger partial charge in [0.2, 0.25) is 0 Å². The molecule has 0 nitrogen and oxygen atoms in total. The van der Waals surface area contributed by atoms with E-state index in [4.69, 9.17) is 23.2 Å². The van der Waals surface area contributed by atoms with Crippen LogP contribution in [0.3, 0.4) is 0 Å². The van der Waals surface area contributed by atoms with Crippen LogP contribution in [-0.2, 0) is 0 Å². The first-order valence-electron chi connectivity index (χ1n) is 11.2. The van der Waals surface area contributed by atoms with Crippen LogP contribution in [0.4, 0.5) is 0 Å². The molecule has 0 saturated carbocycles. The molecule has 0 bridgehead atoms. The highest BCUT2D eigenvalue weighted by Gasteiger charge is 2.17. The first-order valence-corrected chi connectivity index (χ1v) is 12.0. The fourth-order valence-electron chi connectivity index (χ4n) is 4.73. The van der Waals surface area contributed by atoms with Crippen LogP contribution in [0.25, 0.3) is 54.9 Å². The number of hydrogen-bond donors (Lipinski definition) is 0. The molecule has 0 radical (unpaired) electrons. The summed E-state index contributed by atoms with van der Waals surface area (Å²) in [6.07, 6.45) is 0. The Kier molecular flexibility index (Phi) is 5.34. The third kappa shape index (κ3) is 3.66. The van der Waals surface area contributed by atoms with E-state index in [0.717, 1.165) is 43.4 Å². The van der Waals surface area contributed by atoms with Gasteiger partial charge in [0, 0.05) is 21.2 Å². The maximum Gasteiger partial charge on any atom is 0.0484 e. The molecular formula is C32H20Cl2. The highest BCUT2D eigenvalue weighted by atomic mass is 35.5. The monoisotopic (exact) mass is 474 g/mol. The number of fused-ring (bicyclic) bond motifs is 2. The van der Waals surface area contributed by atoms with E-state index < -0.39 is 0 Å². The summed E-state index contributed by atoms with van der Waals surface area (Å²) in [5.74, 6) is 0. The molecule has 34 heavy (non-hydrogen) atoms. The van der Waals surface area contributed by atoms with Gasteiger partial charge in [-0.3, -0.25) is 0 Å². The topological polar surface area (TPSA) is 0 Å². The Morgan fingerprint density at radius 2 is 0.559 bits per heavy atom. The lowest BCUT2D eigenvalue weighted by molar-refractivity contribution is 1.59. The van der Waals surface area contributed by atoms with Crippen LogP contribution >= 0.6 is 23.2 Å². The van der Waals surface area contributed by atoms with Gasteiger partial charge in [0.05, 0.1) is 0 Å². The minimum absolute atomic E-state index is 0.735. The Morgan fingerprint density at radius 1 is 0.294 bits per heavy atom. The van der Waals surface area contributed by atoms with Gasteiger partial charge in [0.15, 0.2) is 0 Å². The Balaban J connectivity index is 1.75. The van der Waals surface area contributed by atoms with E-state index in [0.29, 0.717) is 0 Å². The van der Waals surface area contributed by atoms with Gasteiger partial charge in [-0.1, -0.05) is 108 Å². The lowest BCUT2D eigenvalue weighted by Gasteiger charge is -2.18. The van der Waals surface area contributed by atoms with Crippen molar-refractivity contribution < 1.29 is 0 Å².